The molecule has 0 rings (SSSR count). The van der Waals surface area contributed by atoms with Gasteiger partial charge < -0.3 is 0 Å². The molecule has 0 saturated carbocycles. The Labute approximate surface area is 153 Å². The summed E-state index contributed by atoms with van der Waals surface area (Å²) in [6.07, 6.45) is 12.1. The zero-order valence-electron chi connectivity index (χ0n) is 14.9. The molecule has 0 aliphatic heterocycles. The minimum atomic E-state index is -0.276. The summed E-state index contributed by atoms with van der Waals surface area (Å²) >= 11 is 0. The van der Waals surface area contributed by atoms with Crippen molar-refractivity contribution in [3.05, 3.63) is 0 Å². The molecule has 0 aromatic rings. The van der Waals surface area contributed by atoms with Gasteiger partial charge in [-0.25, -0.2) is 11.0 Å². The average Bonchev–Trinajstić information content (AvgIpc) is 2.54. The number of amides is 2. The van der Waals surface area contributed by atoms with Gasteiger partial charge in [0.2, 0.25) is 11.8 Å². The van der Waals surface area contributed by atoms with E-state index in [1.165, 1.54) is 38.5 Å². The van der Waals surface area contributed by atoms with Gasteiger partial charge >= 0.3 is 0 Å². The van der Waals surface area contributed by atoms with Crippen LogP contribution in [-0.4, -0.2) is 22.2 Å². The van der Waals surface area contributed by atoms with Crippen molar-refractivity contribution in [2.75, 3.05) is 0 Å². The van der Waals surface area contributed by atoms with E-state index in [0.29, 0.717) is 12.8 Å². The third-order valence-corrected chi connectivity index (χ3v) is 3.26. The van der Waals surface area contributed by atoms with Crippen molar-refractivity contribution < 1.29 is 39.5 Å². The molecular formula is C16H34N2O4Zn. The van der Waals surface area contributed by atoms with Crippen molar-refractivity contribution in [2.45, 2.75) is 90.9 Å². The minimum Gasteiger partial charge on any atom is -0.289 e. The van der Waals surface area contributed by atoms with Gasteiger partial charge in [-0.1, -0.05) is 65.2 Å². The second kappa shape index (κ2) is 23.7. The summed E-state index contributed by atoms with van der Waals surface area (Å²) in [5.74, 6) is -0.553. The largest absolute Gasteiger partial charge is 0.289 e. The van der Waals surface area contributed by atoms with Crippen LogP contribution in [0.15, 0.2) is 0 Å². The van der Waals surface area contributed by atoms with Gasteiger partial charge in [0.05, 0.1) is 0 Å². The van der Waals surface area contributed by atoms with Crippen LogP contribution in [-0.2, 0) is 29.1 Å². The zero-order valence-corrected chi connectivity index (χ0v) is 17.9. The quantitative estimate of drug-likeness (QED) is 0.179. The second-order valence-corrected chi connectivity index (χ2v) is 5.40. The van der Waals surface area contributed by atoms with Crippen molar-refractivity contribution in [2.24, 2.45) is 0 Å². The van der Waals surface area contributed by atoms with E-state index in [1.807, 2.05) is 0 Å². The molecule has 0 radical (unpaired) electrons. The Hall–Kier alpha value is -0.517. The molecule has 6 nitrogen and oxygen atoms in total. The molecule has 4 N–H and O–H groups in total. The van der Waals surface area contributed by atoms with Crippen LogP contribution >= 0.6 is 0 Å². The molecule has 0 unspecified atom stereocenters. The van der Waals surface area contributed by atoms with Crippen molar-refractivity contribution in [1.29, 1.82) is 0 Å². The smallest absolute Gasteiger partial charge is 0.243 e. The van der Waals surface area contributed by atoms with Gasteiger partial charge in [0.1, 0.15) is 0 Å². The van der Waals surface area contributed by atoms with Crippen molar-refractivity contribution in [1.82, 2.24) is 11.0 Å². The van der Waals surface area contributed by atoms with Gasteiger partial charge in [0, 0.05) is 32.3 Å². The number of rotatable bonds is 12. The fourth-order valence-corrected chi connectivity index (χ4v) is 1.89. The molecule has 0 aromatic heterocycles. The molecule has 0 fully saturated rings. The van der Waals surface area contributed by atoms with Gasteiger partial charge in [0.15, 0.2) is 0 Å². The summed E-state index contributed by atoms with van der Waals surface area (Å²) in [5, 5.41) is 16.3. The van der Waals surface area contributed by atoms with Crippen LogP contribution in [0.2, 0.25) is 0 Å². The maximum Gasteiger partial charge on any atom is 0.243 e. The van der Waals surface area contributed by atoms with E-state index < -0.39 is 0 Å². The van der Waals surface area contributed by atoms with E-state index in [0.717, 1.165) is 25.7 Å². The Kier molecular flexibility index (Phi) is 28.2. The molecule has 0 aromatic carbocycles. The molecule has 0 heterocycles. The SMILES string of the molecule is CCCCCCCC(=O)NO.CCCCCCCC(=O)NO.[Zn]. The number of unbranched alkanes of at least 4 members (excludes halogenated alkanes) is 8. The summed E-state index contributed by atoms with van der Waals surface area (Å²) in [4.78, 5) is 21.0. The molecule has 23 heavy (non-hydrogen) atoms. The summed E-state index contributed by atoms with van der Waals surface area (Å²) in [7, 11) is 0. The van der Waals surface area contributed by atoms with Crippen LogP contribution in [0, 0.1) is 0 Å². The first-order valence-corrected chi connectivity index (χ1v) is 8.48. The third-order valence-electron chi connectivity index (χ3n) is 3.26. The predicted molar refractivity (Wildman–Crippen MR) is 86.6 cm³/mol. The van der Waals surface area contributed by atoms with Crippen LogP contribution in [0.4, 0.5) is 0 Å². The maximum atomic E-state index is 10.5. The van der Waals surface area contributed by atoms with Crippen LogP contribution < -0.4 is 11.0 Å². The molecule has 7 heteroatoms. The summed E-state index contributed by atoms with van der Waals surface area (Å²) in [6, 6.07) is 0. The van der Waals surface area contributed by atoms with E-state index >= 15 is 0 Å². The fraction of sp³-hybridized carbons (Fsp3) is 0.875. The Balaban J connectivity index is -0.000000333. The first kappa shape index (κ1) is 27.3. The molecule has 0 spiro atoms. The van der Waals surface area contributed by atoms with Crippen LogP contribution in [0.1, 0.15) is 90.9 Å². The number of nitrogens with one attached hydrogen (secondary N) is 2. The normalized spacial score (nSPS) is 9.22. The number of hydrogen-bond donors (Lipinski definition) is 4. The molecular weight excluding hydrogens is 350 g/mol. The van der Waals surface area contributed by atoms with E-state index in [2.05, 4.69) is 13.8 Å². The number of carbonyl (C=O) groups excluding carboxylic acids is 2. The second-order valence-electron chi connectivity index (χ2n) is 5.40. The topological polar surface area (TPSA) is 98.7 Å². The van der Waals surface area contributed by atoms with Gasteiger partial charge in [-0.2, -0.15) is 0 Å². The Bertz CT molecular complexity index is 240. The van der Waals surface area contributed by atoms with Crippen LogP contribution in [0.3, 0.4) is 0 Å². The molecule has 0 aliphatic rings. The molecule has 2 amide bonds. The Morgan fingerprint density at radius 1 is 0.652 bits per heavy atom. The standard InChI is InChI=1S/2C8H17NO2.Zn/c2*1-2-3-4-5-6-7-8(10)9-11;/h2*11H,2-7H2,1H3,(H,9,10);. The average molecular weight is 384 g/mol. The third kappa shape index (κ3) is 26.7. The van der Waals surface area contributed by atoms with E-state index in [1.54, 1.807) is 11.0 Å². The molecule has 134 valence electrons. The molecule has 0 aliphatic carbocycles. The monoisotopic (exact) mass is 382 g/mol. The van der Waals surface area contributed by atoms with Crippen LogP contribution in [0.5, 0.6) is 0 Å². The van der Waals surface area contributed by atoms with Crippen molar-refractivity contribution >= 4 is 11.8 Å². The summed E-state index contributed by atoms with van der Waals surface area (Å²) in [5.41, 5.74) is 3.23. The fourth-order valence-electron chi connectivity index (χ4n) is 1.89. The van der Waals surface area contributed by atoms with Crippen LogP contribution in [0.25, 0.3) is 0 Å². The Morgan fingerprint density at radius 2 is 0.957 bits per heavy atom. The van der Waals surface area contributed by atoms with E-state index in [4.69, 9.17) is 10.4 Å². The molecule has 0 atom stereocenters. The van der Waals surface area contributed by atoms with Gasteiger partial charge in [-0.3, -0.25) is 20.0 Å². The van der Waals surface area contributed by atoms with E-state index in [-0.39, 0.29) is 31.3 Å². The predicted octanol–water partition coefficient (Wildman–Crippen LogP) is 3.70. The number of hydrogen-bond acceptors (Lipinski definition) is 4. The summed E-state index contributed by atoms with van der Waals surface area (Å²) in [6.45, 7) is 4.31. The molecule has 0 saturated heterocycles. The van der Waals surface area contributed by atoms with E-state index in [9.17, 15) is 9.59 Å². The van der Waals surface area contributed by atoms with Gasteiger partial charge in [-0.05, 0) is 12.8 Å². The van der Waals surface area contributed by atoms with Crippen molar-refractivity contribution in [3.63, 3.8) is 0 Å². The molecule has 0 bridgehead atoms. The maximum absolute atomic E-state index is 10.5. The first-order chi connectivity index (χ1) is 10.6. The summed E-state index contributed by atoms with van der Waals surface area (Å²) < 4.78 is 0. The Morgan fingerprint density at radius 3 is 1.22 bits per heavy atom. The number of hydroxylamine groups is 2. The van der Waals surface area contributed by atoms with Crippen molar-refractivity contribution in [3.8, 4) is 0 Å². The zero-order chi connectivity index (χ0) is 17.1. The number of carbonyl (C=O) groups is 2. The van der Waals surface area contributed by atoms with Gasteiger partial charge in [0.25, 0.3) is 0 Å². The minimum absolute atomic E-state index is 0. The first-order valence-electron chi connectivity index (χ1n) is 8.48. The van der Waals surface area contributed by atoms with Gasteiger partial charge in [-0.15, -0.1) is 0 Å².